The molecule has 0 spiro atoms. The maximum atomic E-state index is 11.8. The molecule has 6 nitrogen and oxygen atoms in total. The Balaban J connectivity index is 2.61. The smallest absolute Gasteiger partial charge is 0.224 e. The van der Waals surface area contributed by atoms with Crippen LogP contribution in [0.5, 0.6) is 11.5 Å². The summed E-state index contributed by atoms with van der Waals surface area (Å²) in [5.41, 5.74) is 0.692. The van der Waals surface area contributed by atoms with E-state index in [-0.39, 0.29) is 5.91 Å². The van der Waals surface area contributed by atoms with Gasteiger partial charge in [0.2, 0.25) is 5.91 Å². The highest BCUT2D eigenvalue weighted by atomic mass is 16.5. The van der Waals surface area contributed by atoms with Crippen LogP contribution in [0.4, 0.5) is 5.69 Å². The molecule has 1 aromatic carbocycles. The van der Waals surface area contributed by atoms with E-state index in [0.29, 0.717) is 36.8 Å². The van der Waals surface area contributed by atoms with Crippen molar-refractivity contribution in [2.45, 2.75) is 12.8 Å². The van der Waals surface area contributed by atoms with Crippen molar-refractivity contribution < 1.29 is 19.0 Å². The number of methoxy groups -OCH3 is 2. The van der Waals surface area contributed by atoms with E-state index in [1.165, 1.54) is 0 Å². The number of rotatable bonds is 10. The molecule has 2 N–H and O–H groups in total. The molecule has 118 valence electrons. The lowest BCUT2D eigenvalue weighted by Crippen LogP contribution is -2.15. The fourth-order valence-corrected chi connectivity index (χ4v) is 1.75. The highest BCUT2D eigenvalue weighted by Crippen LogP contribution is 2.30. The molecule has 0 atom stereocenters. The first-order valence-corrected chi connectivity index (χ1v) is 6.95. The molecule has 6 heteroatoms. The van der Waals surface area contributed by atoms with Gasteiger partial charge in [-0.05, 0) is 32.1 Å². The lowest BCUT2D eigenvalue weighted by Gasteiger charge is -2.12. The first-order chi connectivity index (χ1) is 10.2. The van der Waals surface area contributed by atoms with Gasteiger partial charge in [0.15, 0.2) is 11.5 Å². The zero-order valence-electron chi connectivity index (χ0n) is 12.9. The number of hydrogen-bond acceptors (Lipinski definition) is 5. The van der Waals surface area contributed by atoms with Gasteiger partial charge in [-0.15, -0.1) is 0 Å². The first kappa shape index (κ1) is 17.3. The molecule has 1 rings (SSSR count). The minimum Gasteiger partial charge on any atom is -0.493 e. The van der Waals surface area contributed by atoms with Gasteiger partial charge >= 0.3 is 0 Å². The molecule has 0 saturated heterocycles. The molecule has 21 heavy (non-hydrogen) atoms. The van der Waals surface area contributed by atoms with Crippen molar-refractivity contribution in [2.75, 3.05) is 46.3 Å². The minimum atomic E-state index is -0.0155. The number of nitrogens with one attached hydrogen (secondary N) is 2. The van der Waals surface area contributed by atoms with Gasteiger partial charge in [0.05, 0.1) is 13.7 Å². The molecule has 0 aliphatic carbocycles. The maximum Gasteiger partial charge on any atom is 0.224 e. The molecule has 0 heterocycles. The van der Waals surface area contributed by atoms with Crippen LogP contribution in [0.2, 0.25) is 0 Å². The molecule has 0 aromatic heterocycles. The summed E-state index contributed by atoms with van der Waals surface area (Å²) in [5, 5.41) is 5.86. The van der Waals surface area contributed by atoms with Gasteiger partial charge in [-0.25, -0.2) is 0 Å². The van der Waals surface area contributed by atoms with Gasteiger partial charge in [-0.3, -0.25) is 4.79 Å². The van der Waals surface area contributed by atoms with Crippen molar-refractivity contribution in [3.05, 3.63) is 18.2 Å². The lowest BCUT2D eigenvalue weighted by atomic mass is 10.2. The minimum absolute atomic E-state index is 0.0155. The van der Waals surface area contributed by atoms with E-state index in [1.807, 2.05) is 7.05 Å². The van der Waals surface area contributed by atoms with E-state index >= 15 is 0 Å². The largest absolute Gasteiger partial charge is 0.493 e. The molecule has 0 aliphatic heterocycles. The van der Waals surface area contributed by atoms with Crippen LogP contribution < -0.4 is 20.1 Å². The van der Waals surface area contributed by atoms with Gasteiger partial charge in [0.1, 0.15) is 6.61 Å². The summed E-state index contributed by atoms with van der Waals surface area (Å²) in [6.45, 7) is 1.73. The molecule has 0 saturated carbocycles. The van der Waals surface area contributed by atoms with Gasteiger partial charge in [-0.2, -0.15) is 0 Å². The molecule has 0 fully saturated rings. The van der Waals surface area contributed by atoms with Crippen molar-refractivity contribution in [1.82, 2.24) is 5.32 Å². The molecule has 0 radical (unpaired) electrons. The Bertz CT molecular complexity index is 438. The zero-order chi connectivity index (χ0) is 15.5. The molecule has 0 aliphatic rings. The predicted molar refractivity (Wildman–Crippen MR) is 82.2 cm³/mol. The summed E-state index contributed by atoms with van der Waals surface area (Å²) in [4.78, 5) is 11.8. The van der Waals surface area contributed by atoms with Crippen molar-refractivity contribution in [2.24, 2.45) is 0 Å². The van der Waals surface area contributed by atoms with E-state index in [2.05, 4.69) is 10.6 Å². The second kappa shape index (κ2) is 10.0. The van der Waals surface area contributed by atoms with Crippen LogP contribution in [0, 0.1) is 0 Å². The highest BCUT2D eigenvalue weighted by Gasteiger charge is 2.08. The average Bonchev–Trinajstić information content (AvgIpc) is 2.48. The fraction of sp³-hybridized carbons (Fsp3) is 0.533. The Morgan fingerprint density at radius 3 is 2.67 bits per heavy atom. The third kappa shape index (κ3) is 6.46. The molecule has 0 bridgehead atoms. The molecular formula is C15H24N2O4. The molecule has 1 aromatic rings. The van der Waals surface area contributed by atoms with E-state index in [0.717, 1.165) is 13.0 Å². The van der Waals surface area contributed by atoms with E-state index < -0.39 is 0 Å². The second-order valence-electron chi connectivity index (χ2n) is 4.46. The van der Waals surface area contributed by atoms with Crippen LogP contribution in [0.1, 0.15) is 12.8 Å². The number of ether oxygens (including phenoxy) is 3. The van der Waals surface area contributed by atoms with E-state index in [4.69, 9.17) is 14.2 Å². The number of anilines is 1. The summed E-state index contributed by atoms with van der Waals surface area (Å²) in [5.74, 6) is 1.19. The van der Waals surface area contributed by atoms with Crippen LogP contribution in [0.3, 0.4) is 0 Å². The van der Waals surface area contributed by atoms with Crippen molar-refractivity contribution in [3.63, 3.8) is 0 Å². The zero-order valence-corrected chi connectivity index (χ0v) is 12.9. The van der Waals surface area contributed by atoms with Gasteiger partial charge in [-0.1, -0.05) is 0 Å². The van der Waals surface area contributed by atoms with Crippen molar-refractivity contribution >= 4 is 11.6 Å². The highest BCUT2D eigenvalue weighted by molar-refractivity contribution is 5.91. The summed E-state index contributed by atoms with van der Waals surface area (Å²) < 4.78 is 15.8. The Labute approximate surface area is 125 Å². The van der Waals surface area contributed by atoms with Crippen LogP contribution in [-0.4, -0.2) is 46.9 Å². The van der Waals surface area contributed by atoms with Gasteiger partial charge in [0.25, 0.3) is 0 Å². The summed E-state index contributed by atoms with van der Waals surface area (Å²) >= 11 is 0. The maximum absolute atomic E-state index is 11.8. The molecule has 1 amide bonds. The SMILES string of the molecule is CNCCCC(=O)Nc1ccc(OC)c(OCCOC)c1. The predicted octanol–water partition coefficient (Wildman–Crippen LogP) is 1.66. The Morgan fingerprint density at radius 1 is 1.19 bits per heavy atom. The van der Waals surface area contributed by atoms with Crippen LogP contribution in [0.15, 0.2) is 18.2 Å². The number of amides is 1. The standard InChI is InChI=1S/C15H24N2O4/c1-16-8-4-5-15(18)17-12-6-7-13(20-3)14(11-12)21-10-9-19-2/h6-7,11,16H,4-5,8-10H2,1-3H3,(H,17,18). The number of hydrogen-bond donors (Lipinski definition) is 2. The lowest BCUT2D eigenvalue weighted by molar-refractivity contribution is -0.116. The summed E-state index contributed by atoms with van der Waals surface area (Å²) in [6, 6.07) is 5.31. The van der Waals surface area contributed by atoms with Crippen LogP contribution in [0.25, 0.3) is 0 Å². The fourth-order valence-electron chi connectivity index (χ4n) is 1.75. The Morgan fingerprint density at radius 2 is 2.00 bits per heavy atom. The van der Waals surface area contributed by atoms with E-state index in [1.54, 1.807) is 32.4 Å². The summed E-state index contributed by atoms with van der Waals surface area (Å²) in [6.07, 6.45) is 1.28. The van der Waals surface area contributed by atoms with E-state index in [9.17, 15) is 4.79 Å². The summed E-state index contributed by atoms with van der Waals surface area (Å²) in [7, 11) is 5.06. The van der Waals surface area contributed by atoms with Crippen LogP contribution >= 0.6 is 0 Å². The van der Waals surface area contributed by atoms with Crippen LogP contribution in [-0.2, 0) is 9.53 Å². The number of carbonyl (C=O) groups is 1. The molecule has 0 unspecified atom stereocenters. The Kier molecular flexibility index (Phi) is 8.23. The first-order valence-electron chi connectivity index (χ1n) is 6.95. The van der Waals surface area contributed by atoms with Crippen molar-refractivity contribution in [3.8, 4) is 11.5 Å². The third-order valence-electron chi connectivity index (χ3n) is 2.82. The van der Waals surface area contributed by atoms with Crippen molar-refractivity contribution in [1.29, 1.82) is 0 Å². The third-order valence-corrected chi connectivity index (χ3v) is 2.82. The average molecular weight is 296 g/mol. The Hall–Kier alpha value is -1.79. The number of carbonyl (C=O) groups excluding carboxylic acids is 1. The number of benzene rings is 1. The second-order valence-corrected chi connectivity index (χ2v) is 4.46. The van der Waals surface area contributed by atoms with Gasteiger partial charge < -0.3 is 24.8 Å². The monoisotopic (exact) mass is 296 g/mol. The molecular weight excluding hydrogens is 272 g/mol. The topological polar surface area (TPSA) is 68.8 Å². The van der Waals surface area contributed by atoms with Gasteiger partial charge in [0, 0.05) is 25.3 Å². The normalized spacial score (nSPS) is 10.2. The quantitative estimate of drug-likeness (QED) is 0.643.